The fraction of sp³-hybridized carbons (Fsp3) is 0.337. The fourth-order valence-corrected chi connectivity index (χ4v) is 12.5. The van der Waals surface area contributed by atoms with E-state index in [2.05, 4.69) is 0 Å². The number of carboxylic acid groups (broad SMARTS) is 1. The Morgan fingerprint density at radius 1 is 0.333 bits per heavy atom. The molecule has 1 fully saturated rings. The van der Waals surface area contributed by atoms with Gasteiger partial charge in [-0.1, -0.05) is 171 Å². The summed E-state index contributed by atoms with van der Waals surface area (Å²) in [5, 5.41) is 9.22. The monoisotopic (exact) mass is 1610 g/mol. The number of hydrogen-bond acceptors (Lipinski definition) is 27. The van der Waals surface area contributed by atoms with Gasteiger partial charge in [0.25, 0.3) is 0 Å². The van der Waals surface area contributed by atoms with Crippen molar-refractivity contribution >= 4 is 65.7 Å². The predicted molar refractivity (Wildman–Crippen MR) is 415 cm³/mol. The highest BCUT2D eigenvalue weighted by atomic mass is 16.8. The molecular formula is C89H92O28. The van der Waals surface area contributed by atoms with Crippen molar-refractivity contribution in [3.05, 3.63) is 287 Å². The average Bonchev–Trinajstić information content (AvgIpc) is 0.768. The van der Waals surface area contributed by atoms with E-state index in [-0.39, 0.29) is 57.5 Å². The second-order valence-electron chi connectivity index (χ2n) is 26.6. The molecule has 1 N–H and O–H groups in total. The number of unbranched alkanes of at least 4 members (excludes halogenated alkanes) is 5. The van der Waals surface area contributed by atoms with E-state index in [1.165, 1.54) is 128 Å². The van der Waals surface area contributed by atoms with E-state index in [1.807, 2.05) is 0 Å². The zero-order valence-electron chi connectivity index (χ0n) is 64.8. The Hall–Kier alpha value is -12.3. The second-order valence-corrected chi connectivity index (χ2v) is 26.6. The number of ether oxygens (including phenoxy) is 16. The van der Waals surface area contributed by atoms with E-state index < -0.39 is 178 Å². The molecule has 1 saturated heterocycles. The van der Waals surface area contributed by atoms with Crippen LogP contribution in [0.4, 0.5) is 0 Å². The van der Waals surface area contributed by atoms with Crippen LogP contribution < -0.4 is 0 Å². The molecule has 0 bridgehead atoms. The molecule has 28 heteroatoms. The first kappa shape index (κ1) is 88.6. The molecule has 0 aliphatic carbocycles. The van der Waals surface area contributed by atoms with Crippen LogP contribution in [0.2, 0.25) is 0 Å². The van der Waals surface area contributed by atoms with Crippen molar-refractivity contribution in [2.24, 2.45) is 0 Å². The van der Waals surface area contributed by atoms with Gasteiger partial charge in [0.15, 0.2) is 55.5 Å². The smallest absolute Gasteiger partial charge is 0.338 e. The normalized spacial score (nSPS) is 17.0. The Morgan fingerprint density at radius 2 is 0.667 bits per heavy atom. The molecule has 616 valence electrons. The molecule has 13 unspecified atom stereocenters. The maximum Gasteiger partial charge on any atom is 0.338 e. The standard InChI is InChI=1S/C89H92O28/c1-58(90)108-68(53-56-106-88(103-4)77(115-85(100)66-47-29-15-30-48-66)72(112-82(97)63-41-23-12-24-42-63)69(110-81(96)62-39-21-11-22-40-62)52-55-104-79(94)60-35-17-9-18-36-60)73(76(109-59(2)91)87(102-3)105-54-34-8-6-5-7-33-51-71(92)93)117-89-78(116-86(101)67-49-31-16-32-50-67)75(114-84(99)65-45-27-14-28-46-65)74(113-83(98)64-43-25-13-26-44-64)70(111-89)57-107-80(95)61-37-19-10-20-38-61/h9-32,35-50,68-70,72-78,87-89H,5-8,33-34,51-57H2,1-4H3,(H,92,93). The lowest BCUT2D eigenvalue weighted by molar-refractivity contribution is -0.332. The molecule has 9 rings (SSSR count). The van der Waals surface area contributed by atoms with E-state index in [0.29, 0.717) is 38.5 Å². The van der Waals surface area contributed by atoms with Gasteiger partial charge in [-0.05, 0) is 110 Å². The lowest BCUT2D eigenvalue weighted by Gasteiger charge is -2.46. The number of esters is 10. The number of benzene rings is 8. The summed E-state index contributed by atoms with van der Waals surface area (Å²) in [5.74, 6) is -10.9. The second kappa shape index (κ2) is 46.9. The van der Waals surface area contributed by atoms with Gasteiger partial charge in [0.1, 0.15) is 31.0 Å². The van der Waals surface area contributed by atoms with Crippen LogP contribution in [0.15, 0.2) is 243 Å². The van der Waals surface area contributed by atoms with Crippen LogP contribution in [-0.2, 0) is 90.2 Å². The minimum Gasteiger partial charge on any atom is -0.481 e. The van der Waals surface area contributed by atoms with Gasteiger partial charge in [-0.25, -0.2) is 38.4 Å². The van der Waals surface area contributed by atoms with Crippen molar-refractivity contribution in [2.45, 2.75) is 152 Å². The average molecular weight is 1610 g/mol. The van der Waals surface area contributed by atoms with E-state index in [0.717, 1.165) is 21.0 Å². The van der Waals surface area contributed by atoms with Crippen LogP contribution in [0.1, 0.15) is 154 Å². The lowest BCUT2D eigenvalue weighted by Crippen LogP contribution is -2.65. The molecule has 117 heavy (non-hydrogen) atoms. The van der Waals surface area contributed by atoms with Gasteiger partial charge in [-0.2, -0.15) is 0 Å². The van der Waals surface area contributed by atoms with Gasteiger partial charge < -0.3 is 80.9 Å². The molecule has 1 aliphatic heterocycles. The van der Waals surface area contributed by atoms with E-state index in [1.54, 1.807) is 121 Å². The third-order valence-electron chi connectivity index (χ3n) is 18.2. The van der Waals surface area contributed by atoms with E-state index >= 15 is 0 Å². The molecule has 0 radical (unpaired) electrons. The van der Waals surface area contributed by atoms with Crippen LogP contribution in [0.3, 0.4) is 0 Å². The van der Waals surface area contributed by atoms with Gasteiger partial charge in [-0.15, -0.1) is 0 Å². The summed E-state index contributed by atoms with van der Waals surface area (Å²) in [6, 6.07) is 61.2. The summed E-state index contributed by atoms with van der Waals surface area (Å²) in [5.41, 5.74) is 0.0157. The quantitative estimate of drug-likeness (QED) is 0.0160. The third kappa shape index (κ3) is 27.7. The van der Waals surface area contributed by atoms with E-state index in [4.69, 9.17) is 75.8 Å². The largest absolute Gasteiger partial charge is 0.481 e. The van der Waals surface area contributed by atoms with Gasteiger partial charge in [0.05, 0.1) is 57.7 Å². The number of methoxy groups -OCH3 is 2. The molecule has 0 amide bonds. The zero-order valence-corrected chi connectivity index (χ0v) is 64.8. The number of carbonyl (C=O) groups excluding carboxylic acids is 10. The highest BCUT2D eigenvalue weighted by molar-refractivity contribution is 5.94. The highest BCUT2D eigenvalue weighted by Gasteiger charge is 2.56. The molecule has 0 aromatic heterocycles. The van der Waals surface area contributed by atoms with Gasteiger partial charge in [0, 0.05) is 53.9 Å². The molecule has 8 aromatic carbocycles. The number of aliphatic carboxylic acids is 1. The molecule has 13 atom stereocenters. The molecule has 1 aliphatic rings. The van der Waals surface area contributed by atoms with Gasteiger partial charge in [-0.3, -0.25) is 14.4 Å². The maximum atomic E-state index is 15.0. The zero-order chi connectivity index (χ0) is 83.3. The molecule has 8 aromatic rings. The van der Waals surface area contributed by atoms with Crippen LogP contribution in [0, 0.1) is 0 Å². The first-order chi connectivity index (χ1) is 56.8. The summed E-state index contributed by atoms with van der Waals surface area (Å²) in [4.78, 5) is 155. The number of carboxylic acids is 1. The third-order valence-corrected chi connectivity index (χ3v) is 18.2. The van der Waals surface area contributed by atoms with Gasteiger partial charge >= 0.3 is 65.7 Å². The van der Waals surface area contributed by atoms with Crippen molar-refractivity contribution in [2.75, 3.05) is 40.6 Å². The van der Waals surface area contributed by atoms with Gasteiger partial charge in [0.2, 0.25) is 0 Å². The minimum atomic E-state index is -2.23. The lowest BCUT2D eigenvalue weighted by atomic mass is 9.97. The Bertz CT molecular complexity index is 4450. The summed E-state index contributed by atoms with van der Waals surface area (Å²) < 4.78 is 101. The fourth-order valence-electron chi connectivity index (χ4n) is 12.5. The predicted octanol–water partition coefficient (Wildman–Crippen LogP) is 12.6. The van der Waals surface area contributed by atoms with Crippen molar-refractivity contribution in [3.63, 3.8) is 0 Å². The Morgan fingerprint density at radius 3 is 1.09 bits per heavy atom. The van der Waals surface area contributed by atoms with Crippen LogP contribution in [-0.4, -0.2) is 191 Å². The highest BCUT2D eigenvalue weighted by Crippen LogP contribution is 2.36. The number of rotatable bonds is 45. The van der Waals surface area contributed by atoms with Crippen LogP contribution in [0.25, 0.3) is 0 Å². The number of carbonyl (C=O) groups is 11. The first-order valence-corrected chi connectivity index (χ1v) is 37.9. The first-order valence-electron chi connectivity index (χ1n) is 37.9. The van der Waals surface area contributed by atoms with Crippen molar-refractivity contribution in [1.82, 2.24) is 0 Å². The summed E-state index contributed by atoms with van der Waals surface area (Å²) in [6.45, 7) is -0.126. The Labute approximate surface area is 675 Å². The number of hydrogen-bond donors (Lipinski definition) is 1. The van der Waals surface area contributed by atoms with Crippen LogP contribution in [0.5, 0.6) is 0 Å². The molecule has 28 nitrogen and oxygen atoms in total. The molecule has 0 saturated carbocycles. The SMILES string of the molecule is COC(OCCCCCCCCC(=O)O)C(OC(C)=O)C(OC1OC(COC(=O)c2ccccc2)C(OC(=O)c2ccccc2)C(OC(=O)c2ccccc2)C1OC(=O)c1ccccc1)C(CCOC(OC)C(OC(=O)c1ccccc1)C(OC(=O)c1ccccc1)C(CCOC(=O)c1ccccc1)OC(=O)c1ccccc1)OC(C)=O. The van der Waals surface area contributed by atoms with Crippen LogP contribution >= 0.6 is 0 Å². The Balaban J connectivity index is 1.18. The Kier molecular flexibility index (Phi) is 35.5. The van der Waals surface area contributed by atoms with Crippen molar-refractivity contribution in [3.8, 4) is 0 Å². The molecule has 0 spiro atoms. The minimum absolute atomic E-state index is 0.00238. The van der Waals surface area contributed by atoms with E-state index in [9.17, 15) is 57.8 Å². The summed E-state index contributed by atoms with van der Waals surface area (Å²) in [7, 11) is 2.34. The maximum absolute atomic E-state index is 15.0. The summed E-state index contributed by atoms with van der Waals surface area (Å²) in [6.07, 6.45) is -23.1. The molecular weight excluding hydrogens is 1520 g/mol. The summed E-state index contributed by atoms with van der Waals surface area (Å²) >= 11 is 0. The van der Waals surface area contributed by atoms with Crippen molar-refractivity contribution < 1.29 is 134 Å². The molecule has 1 heterocycles. The van der Waals surface area contributed by atoms with Crippen molar-refractivity contribution in [1.29, 1.82) is 0 Å². The topological polar surface area (TPSA) is 356 Å².